The van der Waals surface area contributed by atoms with Crippen LogP contribution in [0, 0.1) is 6.92 Å². The minimum absolute atomic E-state index is 0.0566. The van der Waals surface area contributed by atoms with Crippen molar-refractivity contribution < 1.29 is 8.42 Å². The maximum Gasteiger partial charge on any atom is 0.213 e. The van der Waals surface area contributed by atoms with Crippen LogP contribution in [0.15, 0.2) is 5.38 Å². The molecule has 80 valence electrons. The molecule has 1 aromatic heterocycles. The van der Waals surface area contributed by atoms with Gasteiger partial charge in [0.15, 0.2) is 0 Å². The molecular weight excluding hydrogens is 244 g/mol. The smallest absolute Gasteiger partial charge is 0.213 e. The number of halogens is 1. The van der Waals surface area contributed by atoms with Crippen molar-refractivity contribution in [3.63, 3.8) is 0 Å². The SMILES string of the molecule is Cc1csc(CNS(=O)(=O)CCCl)n1. The largest absolute Gasteiger partial charge is 0.245 e. The Hall–Kier alpha value is -0.170. The summed E-state index contributed by atoms with van der Waals surface area (Å²) in [5.41, 5.74) is 0.904. The zero-order valence-electron chi connectivity index (χ0n) is 7.66. The third kappa shape index (κ3) is 3.91. The molecule has 0 unspecified atom stereocenters. The van der Waals surface area contributed by atoms with E-state index in [1.807, 2.05) is 12.3 Å². The number of sulfonamides is 1. The van der Waals surface area contributed by atoms with E-state index in [2.05, 4.69) is 9.71 Å². The molecule has 0 aromatic carbocycles. The summed E-state index contributed by atoms with van der Waals surface area (Å²) in [5.74, 6) is 0.0468. The summed E-state index contributed by atoms with van der Waals surface area (Å²) in [6.07, 6.45) is 0. The third-order valence-corrected chi connectivity index (χ3v) is 4.16. The van der Waals surface area contributed by atoms with Gasteiger partial charge in [0, 0.05) is 17.0 Å². The van der Waals surface area contributed by atoms with E-state index in [1.54, 1.807) is 0 Å². The minimum atomic E-state index is -3.24. The van der Waals surface area contributed by atoms with Crippen LogP contribution >= 0.6 is 22.9 Å². The Kier molecular flexibility index (Phi) is 4.31. The van der Waals surface area contributed by atoms with Crippen LogP contribution in [0.4, 0.5) is 0 Å². The maximum absolute atomic E-state index is 11.2. The van der Waals surface area contributed by atoms with E-state index in [0.29, 0.717) is 0 Å². The van der Waals surface area contributed by atoms with Gasteiger partial charge in [-0.05, 0) is 6.92 Å². The Morgan fingerprint density at radius 1 is 1.64 bits per heavy atom. The Bertz CT molecular complexity index is 388. The fourth-order valence-electron chi connectivity index (χ4n) is 0.829. The average molecular weight is 255 g/mol. The lowest BCUT2D eigenvalue weighted by atomic mass is 10.6. The van der Waals surface area contributed by atoms with E-state index in [4.69, 9.17) is 11.6 Å². The van der Waals surface area contributed by atoms with E-state index in [-0.39, 0.29) is 18.2 Å². The predicted molar refractivity (Wildman–Crippen MR) is 58.2 cm³/mol. The molecule has 0 aliphatic heterocycles. The van der Waals surface area contributed by atoms with Crippen molar-refractivity contribution in [3.05, 3.63) is 16.1 Å². The molecule has 0 spiro atoms. The summed E-state index contributed by atoms with van der Waals surface area (Å²) < 4.78 is 24.8. The van der Waals surface area contributed by atoms with Crippen LogP contribution in [-0.2, 0) is 16.6 Å². The molecule has 1 N–H and O–H groups in total. The Labute approximate surface area is 92.4 Å². The predicted octanol–water partition coefficient (Wildman–Crippen LogP) is 1.11. The fraction of sp³-hybridized carbons (Fsp3) is 0.571. The van der Waals surface area contributed by atoms with Crippen molar-refractivity contribution in [3.8, 4) is 0 Å². The van der Waals surface area contributed by atoms with Crippen LogP contribution in [0.5, 0.6) is 0 Å². The molecule has 0 amide bonds. The monoisotopic (exact) mass is 254 g/mol. The van der Waals surface area contributed by atoms with Gasteiger partial charge in [-0.25, -0.2) is 18.1 Å². The van der Waals surface area contributed by atoms with Crippen LogP contribution in [-0.4, -0.2) is 25.0 Å². The van der Waals surface area contributed by atoms with Gasteiger partial charge in [0.2, 0.25) is 10.0 Å². The Morgan fingerprint density at radius 3 is 2.86 bits per heavy atom. The third-order valence-electron chi connectivity index (χ3n) is 1.46. The zero-order chi connectivity index (χ0) is 10.6. The standard InChI is InChI=1S/C7H11ClN2O2S2/c1-6-5-13-7(10-6)4-9-14(11,12)3-2-8/h5,9H,2-4H2,1H3. The van der Waals surface area contributed by atoms with Gasteiger partial charge in [0.05, 0.1) is 12.3 Å². The Balaban J connectivity index is 2.48. The van der Waals surface area contributed by atoms with Crippen molar-refractivity contribution in [2.24, 2.45) is 0 Å². The number of hydrogen-bond acceptors (Lipinski definition) is 4. The lowest BCUT2D eigenvalue weighted by molar-refractivity contribution is 0.582. The van der Waals surface area contributed by atoms with E-state index in [1.165, 1.54) is 11.3 Å². The molecule has 0 saturated carbocycles. The van der Waals surface area contributed by atoms with Gasteiger partial charge in [0.1, 0.15) is 5.01 Å². The van der Waals surface area contributed by atoms with Gasteiger partial charge < -0.3 is 0 Å². The molecule has 1 rings (SSSR count). The molecule has 0 bridgehead atoms. The summed E-state index contributed by atoms with van der Waals surface area (Å²) in [6.45, 7) is 2.12. The molecule has 4 nitrogen and oxygen atoms in total. The number of aromatic nitrogens is 1. The molecule has 0 aliphatic rings. The number of nitrogens with one attached hydrogen (secondary N) is 1. The highest BCUT2D eigenvalue weighted by Gasteiger charge is 2.09. The molecule has 0 aliphatic carbocycles. The average Bonchev–Trinajstić information content (AvgIpc) is 2.48. The number of nitrogens with zero attached hydrogens (tertiary/aromatic N) is 1. The first-order valence-corrected chi connectivity index (χ1v) is 7.04. The van der Waals surface area contributed by atoms with Crippen molar-refractivity contribution in [2.75, 3.05) is 11.6 Å². The second kappa shape index (κ2) is 5.06. The highest BCUT2D eigenvalue weighted by atomic mass is 35.5. The zero-order valence-corrected chi connectivity index (χ0v) is 10.0. The molecule has 1 heterocycles. The minimum Gasteiger partial charge on any atom is -0.245 e. The van der Waals surface area contributed by atoms with Gasteiger partial charge in [0.25, 0.3) is 0 Å². The van der Waals surface area contributed by atoms with Gasteiger partial charge >= 0.3 is 0 Å². The van der Waals surface area contributed by atoms with Crippen LogP contribution in [0.2, 0.25) is 0 Å². The summed E-state index contributed by atoms with van der Waals surface area (Å²) in [5, 5.41) is 2.64. The van der Waals surface area contributed by atoms with Crippen molar-refractivity contribution in [1.82, 2.24) is 9.71 Å². The number of thiazole rings is 1. The van der Waals surface area contributed by atoms with Gasteiger partial charge in [-0.3, -0.25) is 0 Å². The molecule has 7 heteroatoms. The first-order valence-electron chi connectivity index (χ1n) is 3.98. The molecule has 0 saturated heterocycles. The molecule has 1 aromatic rings. The van der Waals surface area contributed by atoms with Crippen LogP contribution in [0.1, 0.15) is 10.7 Å². The lowest BCUT2D eigenvalue weighted by Crippen LogP contribution is -2.26. The Morgan fingerprint density at radius 2 is 2.36 bits per heavy atom. The molecule has 0 atom stereocenters. The maximum atomic E-state index is 11.2. The molecule has 0 fully saturated rings. The lowest BCUT2D eigenvalue weighted by Gasteiger charge is -2.01. The highest BCUT2D eigenvalue weighted by molar-refractivity contribution is 7.89. The van der Waals surface area contributed by atoms with E-state index in [9.17, 15) is 8.42 Å². The summed E-state index contributed by atoms with van der Waals surface area (Å²) in [4.78, 5) is 4.13. The van der Waals surface area contributed by atoms with Gasteiger partial charge in [-0.15, -0.1) is 22.9 Å². The second-order valence-electron chi connectivity index (χ2n) is 2.71. The van der Waals surface area contributed by atoms with Crippen molar-refractivity contribution in [2.45, 2.75) is 13.5 Å². The first-order chi connectivity index (χ1) is 6.53. The van der Waals surface area contributed by atoms with E-state index in [0.717, 1.165) is 10.7 Å². The summed E-state index contributed by atoms with van der Waals surface area (Å²) in [6, 6.07) is 0. The normalized spacial score (nSPS) is 11.9. The van der Waals surface area contributed by atoms with Crippen molar-refractivity contribution in [1.29, 1.82) is 0 Å². The quantitative estimate of drug-likeness (QED) is 0.801. The number of rotatable bonds is 5. The van der Waals surface area contributed by atoms with Crippen LogP contribution < -0.4 is 4.72 Å². The summed E-state index contributed by atoms with van der Waals surface area (Å²) >= 11 is 6.78. The first kappa shape index (κ1) is 11.9. The summed E-state index contributed by atoms with van der Waals surface area (Å²) in [7, 11) is -3.24. The van der Waals surface area contributed by atoms with Gasteiger partial charge in [-0.2, -0.15) is 0 Å². The number of alkyl halides is 1. The van der Waals surface area contributed by atoms with E-state index >= 15 is 0 Å². The second-order valence-corrected chi connectivity index (χ2v) is 5.96. The highest BCUT2D eigenvalue weighted by Crippen LogP contribution is 2.08. The van der Waals surface area contributed by atoms with Crippen molar-refractivity contribution >= 4 is 33.0 Å². The van der Waals surface area contributed by atoms with Crippen LogP contribution in [0.25, 0.3) is 0 Å². The molecule has 14 heavy (non-hydrogen) atoms. The molecular formula is C7H11ClN2O2S2. The number of aryl methyl sites for hydroxylation is 1. The van der Waals surface area contributed by atoms with Crippen LogP contribution in [0.3, 0.4) is 0 Å². The molecule has 0 radical (unpaired) electrons. The van der Waals surface area contributed by atoms with E-state index < -0.39 is 10.0 Å². The van der Waals surface area contributed by atoms with Gasteiger partial charge in [-0.1, -0.05) is 0 Å². The number of hydrogen-bond donors (Lipinski definition) is 1. The topological polar surface area (TPSA) is 59.1 Å². The fourth-order valence-corrected chi connectivity index (χ4v) is 2.95.